The van der Waals surface area contributed by atoms with E-state index in [0.717, 1.165) is 85.5 Å². The zero-order valence-electron chi connectivity index (χ0n) is 28.4. The second kappa shape index (κ2) is 14.8. The van der Waals surface area contributed by atoms with Crippen LogP contribution < -0.4 is 9.97 Å². The molecule has 2 aliphatic rings. The molecule has 5 heterocycles. The van der Waals surface area contributed by atoms with Crippen LogP contribution in [0.5, 0.6) is 0 Å². The summed E-state index contributed by atoms with van der Waals surface area (Å²) in [4.78, 5) is 44.8. The minimum atomic E-state index is -0.319. The smallest absolute Gasteiger partial charge is 0.657 e. The van der Waals surface area contributed by atoms with Crippen LogP contribution >= 0.6 is 0 Å². The summed E-state index contributed by atoms with van der Waals surface area (Å²) in [6.07, 6.45) is 2.76. The number of esters is 2. The standard InChI is InChI=1S/C37H42N4O5.Cu/c1-9-23-19(3)28-15-29-21(5)25(11-13-34(43)45-7)32(39-29)17-33-26(12-14-35(44)46-8)22(6)36(41-33)27(18-42)37-24(10-2)20(4)30(40-37)16-31(23)38-28;/h15-17,42H,9-14,18H2,1-8H3;/q-2;+2. The van der Waals surface area contributed by atoms with Crippen molar-refractivity contribution in [3.05, 3.63) is 68.8 Å². The summed E-state index contributed by atoms with van der Waals surface area (Å²) in [7, 11) is 2.77. The van der Waals surface area contributed by atoms with Gasteiger partial charge in [0.15, 0.2) is 0 Å². The van der Waals surface area contributed by atoms with Crippen molar-refractivity contribution in [1.82, 2.24) is 19.9 Å². The first-order valence-electron chi connectivity index (χ1n) is 15.9. The Kier molecular flexibility index (Phi) is 11.3. The number of aryl methyl sites for hydroxylation is 4. The Balaban J connectivity index is 0.00000500. The Morgan fingerprint density at radius 1 is 0.702 bits per heavy atom. The molecule has 0 unspecified atom stereocenters. The van der Waals surface area contributed by atoms with Crippen molar-refractivity contribution < 1.29 is 41.2 Å². The van der Waals surface area contributed by atoms with E-state index in [1.807, 2.05) is 32.0 Å². The number of carbonyl (C=O) groups is 2. The molecule has 3 aromatic rings. The van der Waals surface area contributed by atoms with Crippen LogP contribution in [0.3, 0.4) is 0 Å². The first-order chi connectivity index (χ1) is 22.1. The Morgan fingerprint density at radius 3 is 1.89 bits per heavy atom. The first kappa shape index (κ1) is 35.9. The monoisotopic (exact) mass is 685 g/mol. The van der Waals surface area contributed by atoms with Gasteiger partial charge < -0.3 is 24.5 Å². The largest absolute Gasteiger partial charge is 2.00 e. The van der Waals surface area contributed by atoms with Gasteiger partial charge in [0.1, 0.15) is 0 Å². The van der Waals surface area contributed by atoms with Gasteiger partial charge in [0.2, 0.25) is 0 Å². The van der Waals surface area contributed by atoms with E-state index in [9.17, 15) is 14.7 Å². The second-order valence-electron chi connectivity index (χ2n) is 11.8. The third-order valence-corrected chi connectivity index (χ3v) is 9.35. The molecule has 0 fully saturated rings. The molecule has 0 saturated carbocycles. The number of aliphatic hydroxyl groups is 1. The third kappa shape index (κ3) is 6.73. The summed E-state index contributed by atoms with van der Waals surface area (Å²) < 4.78 is 9.90. The summed E-state index contributed by atoms with van der Waals surface area (Å²) in [6.45, 7) is 12.1. The molecule has 0 amide bonds. The Bertz CT molecular complexity index is 1960. The number of aliphatic hydroxyl groups excluding tert-OH is 1. The van der Waals surface area contributed by atoms with E-state index in [1.54, 1.807) is 0 Å². The zero-order chi connectivity index (χ0) is 33.3. The number of fused-ring (bicyclic) bond motifs is 8. The van der Waals surface area contributed by atoms with Crippen LogP contribution in [0.4, 0.5) is 0 Å². The van der Waals surface area contributed by atoms with Gasteiger partial charge in [-0.25, -0.2) is 9.97 Å². The minimum absolute atomic E-state index is 0. The average Bonchev–Trinajstić information content (AvgIpc) is 3.72. The number of methoxy groups -OCH3 is 2. The Labute approximate surface area is 286 Å². The number of hydrogen-bond donors (Lipinski definition) is 1. The molecule has 2 aliphatic heterocycles. The van der Waals surface area contributed by atoms with Gasteiger partial charge in [-0.3, -0.25) is 9.59 Å². The van der Waals surface area contributed by atoms with Gasteiger partial charge in [-0.2, -0.15) is 0 Å². The summed E-state index contributed by atoms with van der Waals surface area (Å²) in [5.74, 6) is -0.619. The minimum Gasteiger partial charge on any atom is -0.657 e. The number of hydrogen-bond acceptors (Lipinski definition) is 7. The summed E-state index contributed by atoms with van der Waals surface area (Å²) in [5.41, 5.74) is 14.6. The van der Waals surface area contributed by atoms with E-state index in [4.69, 9.17) is 29.4 Å². The molecular weight excluding hydrogens is 644 g/mol. The van der Waals surface area contributed by atoms with E-state index in [1.165, 1.54) is 14.2 Å². The maximum absolute atomic E-state index is 12.2. The van der Waals surface area contributed by atoms with E-state index in [-0.39, 0.29) is 48.5 Å². The molecule has 47 heavy (non-hydrogen) atoms. The van der Waals surface area contributed by atoms with Gasteiger partial charge in [-0.15, -0.1) is 22.1 Å². The fourth-order valence-electron chi connectivity index (χ4n) is 6.61. The van der Waals surface area contributed by atoms with Crippen LogP contribution in [0, 0.1) is 13.8 Å². The SMILES string of the molecule is CCC1=C(C)c2cc3[n-]c(cc4nc(cc5[n-]c(c(C)c5CCC(=O)OC)c(CO)c1n2)C(CCC(=O)OC)=C4C)c(C)c3CC.[Cu+2]. The zero-order valence-corrected chi connectivity index (χ0v) is 29.3. The fraction of sp³-hybridized carbons (Fsp3) is 0.405. The Hall–Kier alpha value is -3.98. The quantitative estimate of drug-likeness (QED) is 0.196. The summed E-state index contributed by atoms with van der Waals surface area (Å²) >= 11 is 0. The second-order valence-corrected chi connectivity index (χ2v) is 11.8. The van der Waals surface area contributed by atoms with Gasteiger partial charge in [0, 0.05) is 12.8 Å². The molecule has 8 bridgehead atoms. The van der Waals surface area contributed by atoms with Crippen LogP contribution in [-0.4, -0.2) is 41.2 Å². The first-order valence-corrected chi connectivity index (χ1v) is 15.9. The third-order valence-electron chi connectivity index (χ3n) is 9.35. The molecule has 3 aromatic heterocycles. The maximum Gasteiger partial charge on any atom is 2.00 e. The van der Waals surface area contributed by atoms with Crippen molar-refractivity contribution in [3.8, 4) is 0 Å². The van der Waals surface area contributed by atoms with Crippen molar-refractivity contribution in [2.75, 3.05) is 14.2 Å². The summed E-state index contributed by atoms with van der Waals surface area (Å²) in [6, 6.07) is 6.00. The fourth-order valence-corrected chi connectivity index (χ4v) is 6.61. The molecule has 251 valence electrons. The summed E-state index contributed by atoms with van der Waals surface area (Å²) in [5, 5.41) is 10.9. The topological polar surface area (TPSA) is 127 Å². The number of ether oxygens (including phenoxy) is 2. The molecule has 0 aromatic carbocycles. The van der Waals surface area contributed by atoms with Crippen molar-refractivity contribution in [2.45, 2.75) is 86.7 Å². The van der Waals surface area contributed by atoms with Crippen LogP contribution in [0.15, 0.2) is 18.2 Å². The van der Waals surface area contributed by atoms with E-state index >= 15 is 0 Å². The molecule has 1 N–H and O–H groups in total. The molecule has 0 aliphatic carbocycles. The molecule has 0 atom stereocenters. The number of nitrogens with zero attached hydrogens (tertiary/aromatic N) is 4. The van der Waals surface area contributed by atoms with Crippen molar-refractivity contribution >= 4 is 56.3 Å². The number of aromatic nitrogens is 4. The van der Waals surface area contributed by atoms with Crippen LogP contribution in [-0.2, 0) is 55.6 Å². The molecule has 0 saturated heterocycles. The number of allylic oxidation sites excluding steroid dienone is 4. The predicted octanol–water partition coefficient (Wildman–Crippen LogP) is 6.57. The molecule has 0 spiro atoms. The van der Waals surface area contributed by atoms with Crippen LogP contribution in [0.1, 0.15) is 104 Å². The normalized spacial score (nSPS) is 12.8. The van der Waals surface area contributed by atoms with Gasteiger partial charge in [-0.1, -0.05) is 54.3 Å². The van der Waals surface area contributed by atoms with Crippen molar-refractivity contribution in [1.29, 1.82) is 0 Å². The van der Waals surface area contributed by atoms with Gasteiger partial charge in [0.25, 0.3) is 0 Å². The number of carbonyl (C=O) groups excluding carboxylic acids is 2. The maximum atomic E-state index is 12.2. The van der Waals surface area contributed by atoms with E-state index < -0.39 is 0 Å². The molecule has 5 rings (SSSR count). The average molecular weight is 686 g/mol. The van der Waals surface area contributed by atoms with E-state index in [2.05, 4.69) is 27.7 Å². The Morgan fingerprint density at radius 2 is 1.28 bits per heavy atom. The molecular formula is C37H42CuN4O5. The molecule has 1 radical (unpaired) electrons. The van der Waals surface area contributed by atoms with Gasteiger partial charge in [-0.05, 0) is 81.2 Å². The predicted molar refractivity (Wildman–Crippen MR) is 181 cm³/mol. The van der Waals surface area contributed by atoms with Gasteiger partial charge >= 0.3 is 29.0 Å². The van der Waals surface area contributed by atoms with Crippen LogP contribution in [0.25, 0.3) is 44.4 Å². The molecule has 10 heteroatoms. The van der Waals surface area contributed by atoms with Gasteiger partial charge in [0.05, 0.1) is 43.6 Å². The number of rotatable bonds is 9. The van der Waals surface area contributed by atoms with E-state index in [0.29, 0.717) is 35.1 Å². The molecule has 9 nitrogen and oxygen atoms in total. The van der Waals surface area contributed by atoms with Crippen molar-refractivity contribution in [3.63, 3.8) is 0 Å². The van der Waals surface area contributed by atoms with Crippen LogP contribution in [0.2, 0.25) is 0 Å². The van der Waals surface area contributed by atoms with Crippen molar-refractivity contribution in [2.24, 2.45) is 0 Å².